The van der Waals surface area contributed by atoms with Gasteiger partial charge < -0.3 is 4.74 Å². The molecule has 0 saturated heterocycles. The molecule has 0 N–H and O–H groups in total. The first-order valence-corrected chi connectivity index (χ1v) is 10.0. The van der Waals surface area contributed by atoms with E-state index < -0.39 is 0 Å². The SMILES string of the molecule is CC(C)CCC[C@@H](C)CCC[C@@H](C)CCCC(C)CCOC=O. The van der Waals surface area contributed by atoms with E-state index in [9.17, 15) is 4.79 Å². The quantitative estimate of drug-likeness (QED) is 0.235. The van der Waals surface area contributed by atoms with Crippen LogP contribution in [0.2, 0.25) is 0 Å². The number of carbonyl (C=O) groups excluding carboxylic acids is 1. The Labute approximate surface area is 145 Å². The van der Waals surface area contributed by atoms with E-state index in [0.29, 0.717) is 19.0 Å². The second-order valence-electron chi connectivity index (χ2n) is 8.26. The number of carbonyl (C=O) groups is 1. The Balaban J connectivity index is 3.48. The zero-order valence-corrected chi connectivity index (χ0v) is 16.5. The maximum absolute atomic E-state index is 10.1. The van der Waals surface area contributed by atoms with Crippen LogP contribution in [0, 0.1) is 23.7 Å². The van der Waals surface area contributed by atoms with E-state index in [-0.39, 0.29) is 0 Å². The maximum atomic E-state index is 10.1. The third-order valence-electron chi connectivity index (χ3n) is 5.06. The van der Waals surface area contributed by atoms with Crippen LogP contribution in [-0.2, 0) is 9.53 Å². The monoisotopic (exact) mass is 326 g/mol. The minimum absolute atomic E-state index is 0.554. The van der Waals surface area contributed by atoms with Gasteiger partial charge in [0.15, 0.2) is 0 Å². The van der Waals surface area contributed by atoms with Gasteiger partial charge in [-0.2, -0.15) is 0 Å². The lowest BCUT2D eigenvalue weighted by molar-refractivity contribution is -0.129. The van der Waals surface area contributed by atoms with Gasteiger partial charge in [0.05, 0.1) is 6.61 Å². The van der Waals surface area contributed by atoms with Gasteiger partial charge in [-0.1, -0.05) is 92.4 Å². The molecule has 3 atom stereocenters. The standard InChI is InChI=1S/C21H42O2/c1-18(2)9-6-10-19(3)11-7-12-20(4)13-8-14-21(5)15-16-23-17-22/h17-21H,6-16H2,1-5H3/t19-,20-,21?/m1/s1. The van der Waals surface area contributed by atoms with Gasteiger partial charge >= 0.3 is 0 Å². The lowest BCUT2D eigenvalue weighted by Gasteiger charge is -2.16. The molecule has 0 heterocycles. The van der Waals surface area contributed by atoms with Crippen molar-refractivity contribution in [3.63, 3.8) is 0 Å². The molecule has 0 amide bonds. The second-order valence-corrected chi connectivity index (χ2v) is 8.26. The molecule has 138 valence electrons. The molecular formula is C21H42O2. The third-order valence-corrected chi connectivity index (χ3v) is 5.06. The van der Waals surface area contributed by atoms with Crippen molar-refractivity contribution in [2.24, 2.45) is 23.7 Å². The van der Waals surface area contributed by atoms with Crippen molar-refractivity contribution in [3.05, 3.63) is 0 Å². The molecule has 0 saturated carbocycles. The number of hydrogen-bond donors (Lipinski definition) is 0. The molecule has 0 aromatic carbocycles. The van der Waals surface area contributed by atoms with Gasteiger partial charge in [-0.05, 0) is 30.1 Å². The molecular weight excluding hydrogens is 284 g/mol. The van der Waals surface area contributed by atoms with Gasteiger partial charge in [0.25, 0.3) is 6.47 Å². The van der Waals surface area contributed by atoms with Crippen LogP contribution in [0.1, 0.15) is 98.8 Å². The predicted octanol–water partition coefficient (Wildman–Crippen LogP) is 6.62. The molecule has 0 fully saturated rings. The van der Waals surface area contributed by atoms with Crippen molar-refractivity contribution < 1.29 is 9.53 Å². The van der Waals surface area contributed by atoms with Gasteiger partial charge in [0.2, 0.25) is 0 Å². The minimum Gasteiger partial charge on any atom is -0.468 e. The van der Waals surface area contributed by atoms with E-state index in [0.717, 1.165) is 24.2 Å². The van der Waals surface area contributed by atoms with Crippen LogP contribution in [0.3, 0.4) is 0 Å². The van der Waals surface area contributed by atoms with Gasteiger partial charge in [-0.25, -0.2) is 0 Å². The van der Waals surface area contributed by atoms with E-state index in [2.05, 4.69) is 34.6 Å². The van der Waals surface area contributed by atoms with Crippen LogP contribution in [0.4, 0.5) is 0 Å². The van der Waals surface area contributed by atoms with Crippen molar-refractivity contribution >= 4 is 6.47 Å². The summed E-state index contributed by atoms with van der Waals surface area (Å²) in [6.45, 7) is 12.9. The molecule has 0 spiro atoms. The van der Waals surface area contributed by atoms with Gasteiger partial charge in [0.1, 0.15) is 0 Å². The molecule has 2 nitrogen and oxygen atoms in total. The van der Waals surface area contributed by atoms with Crippen LogP contribution in [0.5, 0.6) is 0 Å². The zero-order valence-electron chi connectivity index (χ0n) is 16.5. The largest absolute Gasteiger partial charge is 0.468 e. The highest BCUT2D eigenvalue weighted by molar-refractivity contribution is 5.36. The smallest absolute Gasteiger partial charge is 0.293 e. The fraction of sp³-hybridized carbons (Fsp3) is 0.952. The van der Waals surface area contributed by atoms with Crippen LogP contribution in [0.15, 0.2) is 0 Å². The summed E-state index contributed by atoms with van der Waals surface area (Å²) in [4.78, 5) is 10.1. The molecule has 0 aliphatic rings. The molecule has 0 aliphatic carbocycles. The molecule has 23 heavy (non-hydrogen) atoms. The maximum Gasteiger partial charge on any atom is 0.293 e. The van der Waals surface area contributed by atoms with Crippen LogP contribution in [-0.4, -0.2) is 13.1 Å². The van der Waals surface area contributed by atoms with E-state index in [1.807, 2.05) is 0 Å². The van der Waals surface area contributed by atoms with Crippen molar-refractivity contribution in [1.29, 1.82) is 0 Å². The Bertz CT molecular complexity index is 263. The minimum atomic E-state index is 0.554. The summed E-state index contributed by atoms with van der Waals surface area (Å²) < 4.78 is 4.77. The fourth-order valence-corrected chi connectivity index (χ4v) is 3.25. The van der Waals surface area contributed by atoms with Crippen LogP contribution < -0.4 is 0 Å². The summed E-state index contributed by atoms with van der Waals surface area (Å²) in [5, 5.41) is 0. The van der Waals surface area contributed by atoms with E-state index in [1.165, 1.54) is 57.8 Å². The van der Waals surface area contributed by atoms with Gasteiger partial charge in [-0.3, -0.25) is 4.79 Å². The Hall–Kier alpha value is -0.530. The molecule has 0 aliphatic heterocycles. The molecule has 0 radical (unpaired) electrons. The molecule has 0 rings (SSSR count). The van der Waals surface area contributed by atoms with E-state index in [4.69, 9.17) is 4.74 Å². The second kappa shape index (κ2) is 15.0. The van der Waals surface area contributed by atoms with E-state index >= 15 is 0 Å². The highest BCUT2D eigenvalue weighted by atomic mass is 16.5. The van der Waals surface area contributed by atoms with Crippen LogP contribution >= 0.6 is 0 Å². The highest BCUT2D eigenvalue weighted by Crippen LogP contribution is 2.22. The zero-order chi connectivity index (χ0) is 17.5. The first-order chi connectivity index (χ1) is 11.0. The number of rotatable bonds is 16. The summed E-state index contributed by atoms with van der Waals surface area (Å²) in [7, 11) is 0. The van der Waals surface area contributed by atoms with Crippen molar-refractivity contribution in [1.82, 2.24) is 0 Å². The average Bonchev–Trinajstić information content (AvgIpc) is 2.47. The normalized spacial score (nSPS) is 15.4. The summed E-state index contributed by atoms with van der Waals surface area (Å²) >= 11 is 0. The highest BCUT2D eigenvalue weighted by Gasteiger charge is 2.08. The topological polar surface area (TPSA) is 26.3 Å². The Kier molecular flexibility index (Phi) is 14.7. The Morgan fingerprint density at radius 1 is 0.652 bits per heavy atom. The Morgan fingerprint density at radius 3 is 1.43 bits per heavy atom. The predicted molar refractivity (Wildman–Crippen MR) is 101 cm³/mol. The van der Waals surface area contributed by atoms with Gasteiger partial charge in [0, 0.05) is 0 Å². The summed E-state index contributed by atoms with van der Waals surface area (Å²) in [5.74, 6) is 3.29. The Morgan fingerprint density at radius 2 is 1.04 bits per heavy atom. The molecule has 0 bridgehead atoms. The first kappa shape index (κ1) is 22.5. The first-order valence-electron chi connectivity index (χ1n) is 10.0. The van der Waals surface area contributed by atoms with Crippen LogP contribution in [0.25, 0.3) is 0 Å². The van der Waals surface area contributed by atoms with Crippen molar-refractivity contribution in [2.45, 2.75) is 98.8 Å². The lowest BCUT2D eigenvalue weighted by Crippen LogP contribution is -2.03. The van der Waals surface area contributed by atoms with Crippen molar-refractivity contribution in [3.8, 4) is 0 Å². The molecule has 2 heteroatoms. The van der Waals surface area contributed by atoms with Crippen molar-refractivity contribution in [2.75, 3.05) is 6.61 Å². The number of hydrogen-bond acceptors (Lipinski definition) is 2. The lowest BCUT2D eigenvalue weighted by atomic mass is 9.91. The summed E-state index contributed by atoms with van der Waals surface area (Å²) in [6.07, 6.45) is 13.3. The summed E-state index contributed by atoms with van der Waals surface area (Å²) in [5.41, 5.74) is 0. The molecule has 1 unspecified atom stereocenters. The fourth-order valence-electron chi connectivity index (χ4n) is 3.25. The molecule has 0 aromatic heterocycles. The molecule has 0 aromatic rings. The van der Waals surface area contributed by atoms with E-state index in [1.54, 1.807) is 0 Å². The summed E-state index contributed by atoms with van der Waals surface area (Å²) in [6, 6.07) is 0. The van der Waals surface area contributed by atoms with Gasteiger partial charge in [-0.15, -0.1) is 0 Å². The average molecular weight is 327 g/mol. The number of ether oxygens (including phenoxy) is 1. The third kappa shape index (κ3) is 16.1.